The fraction of sp³-hybridized carbons (Fsp3) is 0.167. The average Bonchev–Trinajstić information content (AvgIpc) is 2.59. The Bertz CT molecular complexity index is 961. The maximum absolute atomic E-state index is 2.31. The van der Waals surface area contributed by atoms with Crippen molar-refractivity contribution in [2.45, 2.75) is 26.2 Å². The highest BCUT2D eigenvalue weighted by Crippen LogP contribution is 2.43. The van der Waals surface area contributed by atoms with Crippen molar-refractivity contribution in [3.05, 3.63) is 84.4 Å². The Morgan fingerprint density at radius 2 is 0.917 bits per heavy atom. The normalized spacial score (nSPS) is 12.0. The molecule has 0 saturated heterocycles. The lowest BCUT2D eigenvalue weighted by Crippen LogP contribution is -2.13. The van der Waals surface area contributed by atoms with Gasteiger partial charge in [0.05, 0.1) is 0 Å². The molecule has 0 spiro atoms. The summed E-state index contributed by atoms with van der Waals surface area (Å²) in [6.45, 7) is 6.93. The zero-order valence-electron chi connectivity index (χ0n) is 14.5. The van der Waals surface area contributed by atoms with Crippen molar-refractivity contribution >= 4 is 21.5 Å². The second-order valence-electron chi connectivity index (χ2n) is 7.46. The van der Waals surface area contributed by atoms with Crippen molar-refractivity contribution in [1.82, 2.24) is 0 Å². The van der Waals surface area contributed by atoms with Crippen LogP contribution >= 0.6 is 0 Å². The van der Waals surface area contributed by atoms with E-state index in [9.17, 15) is 0 Å². The van der Waals surface area contributed by atoms with E-state index >= 15 is 0 Å². The van der Waals surface area contributed by atoms with E-state index in [0.717, 1.165) is 0 Å². The van der Waals surface area contributed by atoms with Crippen LogP contribution in [0.2, 0.25) is 0 Å². The monoisotopic (exact) mass is 310 g/mol. The van der Waals surface area contributed by atoms with Gasteiger partial charge in [0, 0.05) is 0 Å². The molecule has 0 saturated carbocycles. The van der Waals surface area contributed by atoms with Crippen molar-refractivity contribution in [2.24, 2.45) is 0 Å². The summed E-state index contributed by atoms with van der Waals surface area (Å²) in [5, 5.41) is 5.41. The number of hydrogen-bond acceptors (Lipinski definition) is 0. The fourth-order valence-corrected chi connectivity index (χ4v) is 3.85. The van der Waals surface area contributed by atoms with Crippen molar-refractivity contribution in [3.63, 3.8) is 0 Å². The van der Waals surface area contributed by atoms with E-state index in [1.165, 1.54) is 38.2 Å². The molecular formula is C24H22. The van der Waals surface area contributed by atoms with E-state index in [-0.39, 0.29) is 5.41 Å². The summed E-state index contributed by atoms with van der Waals surface area (Å²) >= 11 is 0. The van der Waals surface area contributed by atoms with E-state index in [2.05, 4.69) is 99.6 Å². The Morgan fingerprint density at radius 1 is 0.500 bits per heavy atom. The number of rotatable bonds is 1. The van der Waals surface area contributed by atoms with Gasteiger partial charge in [-0.3, -0.25) is 0 Å². The van der Waals surface area contributed by atoms with Gasteiger partial charge in [-0.15, -0.1) is 0 Å². The molecule has 4 aromatic rings. The average molecular weight is 310 g/mol. The van der Waals surface area contributed by atoms with Gasteiger partial charge in [0.2, 0.25) is 0 Å². The Morgan fingerprint density at radius 3 is 1.38 bits per heavy atom. The van der Waals surface area contributed by atoms with Crippen LogP contribution in [0.5, 0.6) is 0 Å². The lowest BCUT2D eigenvalue weighted by atomic mass is 9.78. The molecule has 0 heterocycles. The van der Waals surface area contributed by atoms with Crippen LogP contribution in [0.1, 0.15) is 26.3 Å². The van der Waals surface area contributed by atoms with Crippen LogP contribution in [0.3, 0.4) is 0 Å². The molecule has 0 heteroatoms. The van der Waals surface area contributed by atoms with Crippen LogP contribution < -0.4 is 0 Å². The van der Waals surface area contributed by atoms with E-state index < -0.39 is 0 Å². The van der Waals surface area contributed by atoms with E-state index in [1.54, 1.807) is 0 Å². The van der Waals surface area contributed by atoms with Crippen molar-refractivity contribution in [2.75, 3.05) is 0 Å². The molecule has 0 N–H and O–H groups in total. The summed E-state index contributed by atoms with van der Waals surface area (Å²) < 4.78 is 0. The summed E-state index contributed by atoms with van der Waals surface area (Å²) in [7, 11) is 0. The van der Waals surface area contributed by atoms with Gasteiger partial charge in [-0.1, -0.05) is 99.6 Å². The van der Waals surface area contributed by atoms with E-state index in [4.69, 9.17) is 0 Å². The van der Waals surface area contributed by atoms with Crippen molar-refractivity contribution in [3.8, 4) is 11.1 Å². The molecule has 0 radical (unpaired) electrons. The molecule has 0 bridgehead atoms. The Hall–Kier alpha value is -2.60. The lowest BCUT2D eigenvalue weighted by molar-refractivity contribution is 0.601. The molecule has 0 unspecified atom stereocenters. The third kappa shape index (κ3) is 2.30. The molecule has 0 aliphatic rings. The first kappa shape index (κ1) is 15.0. The largest absolute Gasteiger partial charge is 0.0622 e. The maximum Gasteiger partial charge on any atom is -0.00266 e. The van der Waals surface area contributed by atoms with E-state index in [1.807, 2.05) is 0 Å². The van der Waals surface area contributed by atoms with Crippen LogP contribution in [0, 0.1) is 0 Å². The topological polar surface area (TPSA) is 0 Å². The number of hydrogen-bond donors (Lipinski definition) is 0. The second-order valence-corrected chi connectivity index (χ2v) is 7.46. The summed E-state index contributed by atoms with van der Waals surface area (Å²) in [6, 6.07) is 28.4. The molecule has 0 amide bonds. The van der Waals surface area contributed by atoms with Gasteiger partial charge < -0.3 is 0 Å². The van der Waals surface area contributed by atoms with Gasteiger partial charge in [0.25, 0.3) is 0 Å². The molecule has 4 aromatic carbocycles. The van der Waals surface area contributed by atoms with Crippen LogP contribution in [-0.4, -0.2) is 0 Å². The third-order valence-electron chi connectivity index (χ3n) is 4.74. The highest BCUT2D eigenvalue weighted by atomic mass is 14.3. The highest BCUT2D eigenvalue weighted by molar-refractivity contribution is 6.15. The van der Waals surface area contributed by atoms with E-state index in [0.29, 0.717) is 0 Å². The number of benzene rings is 4. The number of fused-ring (bicyclic) bond motifs is 2. The van der Waals surface area contributed by atoms with Gasteiger partial charge in [0.1, 0.15) is 0 Å². The fourth-order valence-electron chi connectivity index (χ4n) is 3.85. The lowest BCUT2D eigenvalue weighted by Gasteiger charge is -2.26. The SMILES string of the molecule is CC(C)(C)c1c2ccccc2c(-c2ccccc2)c2ccccc12. The molecule has 4 rings (SSSR count). The quantitative estimate of drug-likeness (QED) is 0.333. The van der Waals surface area contributed by atoms with Crippen LogP contribution in [0.4, 0.5) is 0 Å². The predicted molar refractivity (Wildman–Crippen MR) is 106 cm³/mol. The van der Waals surface area contributed by atoms with Crippen molar-refractivity contribution in [1.29, 1.82) is 0 Å². The standard InChI is InChI=1S/C24H22/c1-24(2,3)23-20-15-9-7-13-18(20)22(17-11-5-4-6-12-17)19-14-8-10-16-21(19)23/h4-16H,1-3H3. The van der Waals surface area contributed by atoms with Gasteiger partial charge in [-0.05, 0) is 43.7 Å². The molecule has 24 heavy (non-hydrogen) atoms. The molecule has 118 valence electrons. The molecule has 0 aliphatic heterocycles. The first-order valence-corrected chi connectivity index (χ1v) is 8.57. The smallest absolute Gasteiger partial charge is 0.00266 e. The summed E-state index contributed by atoms with van der Waals surface area (Å²) in [5.74, 6) is 0. The van der Waals surface area contributed by atoms with Crippen molar-refractivity contribution < 1.29 is 0 Å². The minimum Gasteiger partial charge on any atom is -0.0622 e. The third-order valence-corrected chi connectivity index (χ3v) is 4.74. The zero-order chi connectivity index (χ0) is 16.7. The van der Waals surface area contributed by atoms with Crippen LogP contribution in [0.15, 0.2) is 78.9 Å². The minimum absolute atomic E-state index is 0.0917. The predicted octanol–water partition coefficient (Wildman–Crippen LogP) is 6.96. The van der Waals surface area contributed by atoms with Gasteiger partial charge in [-0.25, -0.2) is 0 Å². The summed E-state index contributed by atoms with van der Waals surface area (Å²) in [6.07, 6.45) is 0. The Kier molecular flexibility index (Phi) is 3.42. The zero-order valence-corrected chi connectivity index (χ0v) is 14.5. The van der Waals surface area contributed by atoms with Crippen LogP contribution in [-0.2, 0) is 5.41 Å². The van der Waals surface area contributed by atoms with Crippen LogP contribution in [0.25, 0.3) is 32.7 Å². The molecule has 0 fully saturated rings. The van der Waals surface area contributed by atoms with Gasteiger partial charge in [-0.2, -0.15) is 0 Å². The second kappa shape index (κ2) is 5.49. The summed E-state index contributed by atoms with van der Waals surface area (Å²) in [4.78, 5) is 0. The molecule has 0 aromatic heterocycles. The summed E-state index contributed by atoms with van der Waals surface area (Å²) in [5.41, 5.74) is 4.16. The van der Waals surface area contributed by atoms with Gasteiger partial charge in [0.15, 0.2) is 0 Å². The molecule has 0 atom stereocenters. The first-order valence-electron chi connectivity index (χ1n) is 8.57. The molecular weight excluding hydrogens is 288 g/mol. The Labute approximate surface area is 143 Å². The minimum atomic E-state index is 0.0917. The molecule has 0 aliphatic carbocycles. The van der Waals surface area contributed by atoms with Gasteiger partial charge >= 0.3 is 0 Å². The highest BCUT2D eigenvalue weighted by Gasteiger charge is 2.22. The molecule has 0 nitrogen and oxygen atoms in total. The maximum atomic E-state index is 2.31. The Balaban J connectivity index is 2.29. The first-order chi connectivity index (χ1) is 11.6.